The molecular weight excluding hydrogens is 406 g/mol. The SMILES string of the molecule is O=C(NC1CCCC1)N[C@@H]1C[C@H](C(=O)NC2CC2)[C@@H](O)[C@H]1c1cnc(-c2ccccc2)[nH]1. The van der Waals surface area contributed by atoms with E-state index in [0.29, 0.717) is 12.2 Å². The van der Waals surface area contributed by atoms with E-state index in [1.807, 2.05) is 30.3 Å². The number of hydrogen-bond donors (Lipinski definition) is 5. The number of amides is 3. The first-order chi connectivity index (χ1) is 15.6. The molecule has 3 amide bonds. The van der Waals surface area contributed by atoms with E-state index in [1.54, 1.807) is 6.20 Å². The number of carbonyl (C=O) groups excluding carboxylic acids is 2. The fourth-order valence-corrected chi connectivity index (χ4v) is 5.11. The van der Waals surface area contributed by atoms with Crippen molar-refractivity contribution in [3.05, 3.63) is 42.2 Å². The van der Waals surface area contributed by atoms with Crippen LogP contribution < -0.4 is 16.0 Å². The molecule has 4 atom stereocenters. The van der Waals surface area contributed by atoms with E-state index in [-0.39, 0.29) is 30.1 Å². The van der Waals surface area contributed by atoms with Gasteiger partial charge in [-0.05, 0) is 32.1 Å². The van der Waals surface area contributed by atoms with Crippen LogP contribution in [-0.2, 0) is 4.79 Å². The number of hydrogen-bond acceptors (Lipinski definition) is 4. The summed E-state index contributed by atoms with van der Waals surface area (Å²) in [6.07, 6.45) is 7.44. The summed E-state index contributed by atoms with van der Waals surface area (Å²) < 4.78 is 0. The molecule has 1 aromatic carbocycles. The Morgan fingerprint density at radius 2 is 1.69 bits per heavy atom. The minimum absolute atomic E-state index is 0.131. The third-order valence-corrected chi connectivity index (χ3v) is 6.99. The van der Waals surface area contributed by atoms with Crippen molar-refractivity contribution in [3.8, 4) is 11.4 Å². The molecule has 5 N–H and O–H groups in total. The molecule has 3 saturated carbocycles. The van der Waals surface area contributed by atoms with E-state index >= 15 is 0 Å². The molecule has 3 fully saturated rings. The van der Waals surface area contributed by atoms with Crippen molar-refractivity contribution in [2.45, 2.75) is 75.1 Å². The molecule has 8 heteroatoms. The van der Waals surface area contributed by atoms with E-state index in [1.165, 1.54) is 0 Å². The van der Waals surface area contributed by atoms with Gasteiger partial charge in [0, 0.05) is 41.5 Å². The Kier molecular flexibility index (Phi) is 5.87. The summed E-state index contributed by atoms with van der Waals surface area (Å²) in [6, 6.07) is 9.58. The molecule has 3 aliphatic rings. The van der Waals surface area contributed by atoms with Crippen molar-refractivity contribution in [1.82, 2.24) is 25.9 Å². The first-order valence-corrected chi connectivity index (χ1v) is 11.7. The van der Waals surface area contributed by atoms with Gasteiger partial charge in [-0.15, -0.1) is 0 Å². The quantitative estimate of drug-likeness (QED) is 0.477. The van der Waals surface area contributed by atoms with Crippen LogP contribution in [0.25, 0.3) is 11.4 Å². The molecule has 0 spiro atoms. The largest absolute Gasteiger partial charge is 0.392 e. The van der Waals surface area contributed by atoms with Gasteiger partial charge < -0.3 is 26.0 Å². The van der Waals surface area contributed by atoms with E-state index in [0.717, 1.165) is 49.8 Å². The third kappa shape index (κ3) is 4.50. The average Bonchev–Trinajstić information content (AvgIpc) is 3.16. The number of nitrogens with one attached hydrogen (secondary N) is 4. The van der Waals surface area contributed by atoms with Gasteiger partial charge in [-0.1, -0.05) is 43.2 Å². The second-order valence-corrected chi connectivity index (χ2v) is 9.40. The molecule has 0 unspecified atom stereocenters. The van der Waals surface area contributed by atoms with Gasteiger partial charge in [-0.25, -0.2) is 9.78 Å². The zero-order valence-electron chi connectivity index (χ0n) is 18.1. The zero-order chi connectivity index (χ0) is 22.1. The summed E-state index contributed by atoms with van der Waals surface area (Å²) in [5.41, 5.74) is 1.67. The maximum Gasteiger partial charge on any atom is 0.315 e. The Bertz CT molecular complexity index is 952. The average molecular weight is 438 g/mol. The lowest BCUT2D eigenvalue weighted by Gasteiger charge is -2.23. The van der Waals surface area contributed by atoms with Crippen LogP contribution in [0.15, 0.2) is 36.5 Å². The van der Waals surface area contributed by atoms with E-state index in [4.69, 9.17) is 0 Å². The Morgan fingerprint density at radius 1 is 0.969 bits per heavy atom. The van der Waals surface area contributed by atoms with Crippen molar-refractivity contribution in [2.24, 2.45) is 5.92 Å². The van der Waals surface area contributed by atoms with Gasteiger partial charge in [0.15, 0.2) is 0 Å². The third-order valence-electron chi connectivity index (χ3n) is 6.99. The fraction of sp³-hybridized carbons (Fsp3) is 0.542. The predicted octanol–water partition coefficient (Wildman–Crippen LogP) is 2.43. The van der Waals surface area contributed by atoms with Crippen molar-refractivity contribution in [3.63, 3.8) is 0 Å². The van der Waals surface area contributed by atoms with Gasteiger partial charge in [0.05, 0.1) is 12.0 Å². The second kappa shape index (κ2) is 8.94. The van der Waals surface area contributed by atoms with E-state index in [9.17, 15) is 14.7 Å². The number of urea groups is 1. The molecule has 170 valence electrons. The number of benzene rings is 1. The molecule has 32 heavy (non-hydrogen) atoms. The smallest absolute Gasteiger partial charge is 0.315 e. The van der Waals surface area contributed by atoms with Crippen LogP contribution in [0.3, 0.4) is 0 Å². The maximum absolute atomic E-state index is 12.8. The number of H-pyrrole nitrogens is 1. The molecule has 0 aliphatic heterocycles. The number of aliphatic hydroxyl groups excluding tert-OH is 1. The minimum Gasteiger partial charge on any atom is -0.392 e. The van der Waals surface area contributed by atoms with E-state index < -0.39 is 17.9 Å². The van der Waals surface area contributed by atoms with Crippen LogP contribution in [0.5, 0.6) is 0 Å². The molecule has 8 nitrogen and oxygen atoms in total. The predicted molar refractivity (Wildman–Crippen MR) is 120 cm³/mol. The van der Waals surface area contributed by atoms with Crippen molar-refractivity contribution in [1.29, 1.82) is 0 Å². The van der Waals surface area contributed by atoms with Crippen molar-refractivity contribution >= 4 is 11.9 Å². The number of imidazole rings is 1. The summed E-state index contributed by atoms with van der Waals surface area (Å²) in [4.78, 5) is 33.3. The number of aromatic amines is 1. The number of aromatic nitrogens is 2. The number of aliphatic hydroxyl groups is 1. The Balaban J connectivity index is 1.35. The van der Waals surface area contributed by atoms with Crippen LogP contribution in [0.1, 0.15) is 56.6 Å². The van der Waals surface area contributed by atoms with Crippen LogP contribution in [0.2, 0.25) is 0 Å². The molecule has 3 aliphatic carbocycles. The van der Waals surface area contributed by atoms with Crippen LogP contribution in [0, 0.1) is 5.92 Å². The zero-order valence-corrected chi connectivity index (χ0v) is 18.1. The van der Waals surface area contributed by atoms with Gasteiger partial charge in [0.1, 0.15) is 5.82 Å². The molecule has 0 saturated heterocycles. The standard InChI is InChI=1S/C24H31N5O3/c30-21-17(23(31)26-16-10-11-16)12-18(29-24(32)27-15-8-4-5-9-15)20(21)19-13-25-22(28-19)14-6-2-1-3-7-14/h1-3,6-7,13,15-18,20-21,30H,4-5,8-12H2,(H,25,28)(H,26,31)(H2,27,29,32)/t17-,18+,20+,21+/m0/s1. The fourth-order valence-electron chi connectivity index (χ4n) is 5.11. The Morgan fingerprint density at radius 3 is 2.41 bits per heavy atom. The van der Waals surface area contributed by atoms with Gasteiger partial charge in [-0.2, -0.15) is 0 Å². The highest BCUT2D eigenvalue weighted by atomic mass is 16.3. The lowest BCUT2D eigenvalue weighted by molar-refractivity contribution is -0.127. The number of carbonyl (C=O) groups is 2. The Labute approximate surface area is 187 Å². The van der Waals surface area contributed by atoms with Crippen LogP contribution in [0.4, 0.5) is 4.79 Å². The normalized spacial score (nSPS) is 27.9. The summed E-state index contributed by atoms with van der Waals surface area (Å²) in [5.74, 6) is -0.439. The number of nitrogens with zero attached hydrogens (tertiary/aromatic N) is 1. The molecule has 0 bridgehead atoms. The topological polar surface area (TPSA) is 119 Å². The van der Waals surface area contributed by atoms with E-state index in [2.05, 4.69) is 25.9 Å². The number of rotatable bonds is 6. The maximum atomic E-state index is 12.8. The summed E-state index contributed by atoms with van der Waals surface area (Å²) in [7, 11) is 0. The van der Waals surface area contributed by atoms with Crippen LogP contribution in [-0.4, -0.2) is 51.2 Å². The van der Waals surface area contributed by atoms with Crippen molar-refractivity contribution < 1.29 is 14.7 Å². The molecule has 1 heterocycles. The minimum atomic E-state index is -0.908. The highest BCUT2D eigenvalue weighted by Crippen LogP contribution is 2.39. The molecule has 5 rings (SSSR count). The summed E-state index contributed by atoms with van der Waals surface area (Å²) >= 11 is 0. The lowest BCUT2D eigenvalue weighted by Crippen LogP contribution is -2.47. The highest BCUT2D eigenvalue weighted by Gasteiger charge is 2.48. The molecule has 0 radical (unpaired) electrons. The lowest BCUT2D eigenvalue weighted by atomic mass is 9.96. The van der Waals surface area contributed by atoms with Gasteiger partial charge >= 0.3 is 6.03 Å². The van der Waals surface area contributed by atoms with Gasteiger partial charge in [0.2, 0.25) is 5.91 Å². The van der Waals surface area contributed by atoms with Gasteiger partial charge in [0.25, 0.3) is 0 Å². The first-order valence-electron chi connectivity index (χ1n) is 11.7. The molecule has 1 aromatic heterocycles. The summed E-state index contributed by atoms with van der Waals surface area (Å²) in [6.45, 7) is 0. The molecule has 2 aromatic rings. The molecular formula is C24H31N5O3. The highest BCUT2D eigenvalue weighted by molar-refractivity contribution is 5.81. The summed E-state index contributed by atoms with van der Waals surface area (Å²) in [5, 5.41) is 20.3. The Hall–Kier alpha value is -2.87. The van der Waals surface area contributed by atoms with Gasteiger partial charge in [-0.3, -0.25) is 4.79 Å². The second-order valence-electron chi connectivity index (χ2n) is 9.40. The van der Waals surface area contributed by atoms with Crippen molar-refractivity contribution in [2.75, 3.05) is 0 Å². The van der Waals surface area contributed by atoms with Crippen LogP contribution >= 0.6 is 0 Å². The first kappa shape index (κ1) is 21.0. The monoisotopic (exact) mass is 437 g/mol.